The van der Waals surface area contributed by atoms with Crippen LogP contribution in [-0.2, 0) is 9.47 Å². The zero-order valence-electron chi connectivity index (χ0n) is 10.4. The van der Waals surface area contributed by atoms with E-state index in [2.05, 4.69) is 0 Å². The van der Waals surface area contributed by atoms with Crippen molar-refractivity contribution in [3.63, 3.8) is 0 Å². The van der Waals surface area contributed by atoms with Crippen LogP contribution < -0.4 is 0 Å². The minimum Gasteiger partial charge on any atom is -0.394 e. The quantitative estimate of drug-likeness (QED) is 0.658. The van der Waals surface area contributed by atoms with Gasteiger partial charge in [0.25, 0.3) is 0 Å². The second-order valence-corrected chi connectivity index (χ2v) is 3.80. The lowest BCUT2D eigenvalue weighted by Gasteiger charge is -2.32. The summed E-state index contributed by atoms with van der Waals surface area (Å²) in [4.78, 5) is 15.6. The van der Waals surface area contributed by atoms with Gasteiger partial charge in [-0.1, -0.05) is 0 Å². The molecule has 0 aromatic carbocycles. The van der Waals surface area contributed by atoms with Crippen molar-refractivity contribution in [3.8, 4) is 0 Å². The van der Waals surface area contributed by atoms with Gasteiger partial charge in [0, 0.05) is 26.2 Å². The predicted molar refractivity (Wildman–Crippen MR) is 62.9 cm³/mol. The van der Waals surface area contributed by atoms with Crippen molar-refractivity contribution >= 4 is 6.03 Å². The fraction of sp³-hybridized carbons (Fsp3) is 0.909. The fourth-order valence-electron chi connectivity index (χ4n) is 1.69. The number of likely N-dealkylation sites (N-methyl/N-ethyl adjacent to an activating group) is 1. The van der Waals surface area contributed by atoms with E-state index in [9.17, 15) is 4.79 Å². The maximum absolute atomic E-state index is 12.1. The van der Waals surface area contributed by atoms with Gasteiger partial charge in [0.1, 0.15) is 0 Å². The summed E-state index contributed by atoms with van der Waals surface area (Å²) >= 11 is 0. The Morgan fingerprint density at radius 3 is 2.71 bits per heavy atom. The molecule has 0 aliphatic carbocycles. The number of hydrogen-bond acceptors (Lipinski definition) is 4. The Bertz CT molecular complexity index is 220. The first-order chi connectivity index (χ1) is 8.29. The minimum absolute atomic E-state index is 0.0174. The van der Waals surface area contributed by atoms with Gasteiger partial charge in [0.15, 0.2) is 0 Å². The molecule has 0 radical (unpaired) electrons. The molecular weight excluding hydrogens is 224 g/mol. The van der Waals surface area contributed by atoms with Crippen LogP contribution in [0, 0.1) is 0 Å². The largest absolute Gasteiger partial charge is 0.394 e. The number of aliphatic hydroxyl groups is 1. The van der Waals surface area contributed by atoms with Crippen LogP contribution in [0.25, 0.3) is 0 Å². The van der Waals surface area contributed by atoms with Crippen LogP contribution in [0.15, 0.2) is 0 Å². The van der Waals surface area contributed by atoms with Crippen LogP contribution in [0.2, 0.25) is 0 Å². The molecule has 0 unspecified atom stereocenters. The standard InChI is InChI=1S/C11H22N2O4/c1-2-12(3-7-17-10-6-14)11(15)13-4-8-16-9-5-13/h14H,2-10H2,1H3. The van der Waals surface area contributed by atoms with Gasteiger partial charge in [-0.25, -0.2) is 4.79 Å². The van der Waals surface area contributed by atoms with Gasteiger partial charge in [-0.2, -0.15) is 0 Å². The molecule has 2 amide bonds. The van der Waals surface area contributed by atoms with Gasteiger partial charge in [-0.15, -0.1) is 0 Å². The summed E-state index contributed by atoms with van der Waals surface area (Å²) in [7, 11) is 0. The molecule has 0 spiro atoms. The van der Waals surface area contributed by atoms with Crippen LogP contribution in [0.5, 0.6) is 0 Å². The number of carbonyl (C=O) groups excluding carboxylic acids is 1. The summed E-state index contributed by atoms with van der Waals surface area (Å²) < 4.78 is 10.4. The van der Waals surface area contributed by atoms with E-state index in [-0.39, 0.29) is 12.6 Å². The molecule has 0 saturated carbocycles. The van der Waals surface area contributed by atoms with Crippen LogP contribution >= 0.6 is 0 Å². The highest BCUT2D eigenvalue weighted by Gasteiger charge is 2.21. The van der Waals surface area contributed by atoms with Gasteiger partial charge in [-0.05, 0) is 6.92 Å². The van der Waals surface area contributed by atoms with Crippen molar-refractivity contribution in [2.75, 3.05) is 59.2 Å². The first kappa shape index (κ1) is 14.2. The van der Waals surface area contributed by atoms with Gasteiger partial charge < -0.3 is 24.4 Å². The molecule has 6 heteroatoms. The zero-order valence-corrected chi connectivity index (χ0v) is 10.4. The molecule has 1 fully saturated rings. The Balaban J connectivity index is 2.29. The number of aliphatic hydroxyl groups excluding tert-OH is 1. The highest BCUT2D eigenvalue weighted by atomic mass is 16.5. The third kappa shape index (κ3) is 4.89. The number of morpholine rings is 1. The summed E-state index contributed by atoms with van der Waals surface area (Å²) in [6, 6.07) is 0.0448. The lowest BCUT2D eigenvalue weighted by Crippen LogP contribution is -2.49. The molecule has 1 saturated heterocycles. The number of ether oxygens (including phenoxy) is 2. The monoisotopic (exact) mass is 246 g/mol. The summed E-state index contributed by atoms with van der Waals surface area (Å²) in [6.07, 6.45) is 0. The summed E-state index contributed by atoms with van der Waals surface area (Å²) in [5.74, 6) is 0. The molecular formula is C11H22N2O4. The second kappa shape index (κ2) is 8.27. The highest BCUT2D eigenvalue weighted by Crippen LogP contribution is 2.03. The van der Waals surface area contributed by atoms with Crippen LogP contribution in [-0.4, -0.2) is 80.2 Å². The van der Waals surface area contributed by atoms with Crippen molar-refractivity contribution in [3.05, 3.63) is 0 Å². The molecule has 0 bridgehead atoms. The molecule has 100 valence electrons. The molecule has 1 aliphatic heterocycles. The molecule has 1 heterocycles. The lowest BCUT2D eigenvalue weighted by molar-refractivity contribution is 0.0375. The van der Waals surface area contributed by atoms with Crippen LogP contribution in [0.3, 0.4) is 0 Å². The summed E-state index contributed by atoms with van der Waals surface area (Å²) in [6.45, 7) is 6.53. The number of nitrogens with zero attached hydrogens (tertiary/aromatic N) is 2. The van der Waals surface area contributed by atoms with E-state index >= 15 is 0 Å². The number of rotatable bonds is 6. The van der Waals surface area contributed by atoms with E-state index in [1.165, 1.54) is 0 Å². The van der Waals surface area contributed by atoms with Crippen LogP contribution in [0.4, 0.5) is 4.79 Å². The average molecular weight is 246 g/mol. The van der Waals surface area contributed by atoms with Crippen molar-refractivity contribution in [1.82, 2.24) is 9.80 Å². The zero-order chi connectivity index (χ0) is 12.5. The average Bonchev–Trinajstić information content (AvgIpc) is 2.39. The Kier molecular flexibility index (Phi) is 6.91. The molecule has 17 heavy (non-hydrogen) atoms. The maximum Gasteiger partial charge on any atom is 0.320 e. The summed E-state index contributed by atoms with van der Waals surface area (Å²) in [5.41, 5.74) is 0. The van der Waals surface area contributed by atoms with E-state index in [0.29, 0.717) is 52.6 Å². The third-order valence-electron chi connectivity index (χ3n) is 2.68. The fourth-order valence-corrected chi connectivity index (χ4v) is 1.69. The Morgan fingerprint density at radius 2 is 2.12 bits per heavy atom. The Labute approximate surface area is 102 Å². The van der Waals surface area contributed by atoms with Gasteiger partial charge >= 0.3 is 6.03 Å². The molecule has 1 aliphatic rings. The highest BCUT2D eigenvalue weighted by molar-refractivity contribution is 5.74. The third-order valence-corrected chi connectivity index (χ3v) is 2.68. The van der Waals surface area contributed by atoms with Crippen molar-refractivity contribution in [1.29, 1.82) is 0 Å². The Morgan fingerprint density at radius 1 is 1.41 bits per heavy atom. The number of urea groups is 1. The molecule has 0 atom stereocenters. The van der Waals surface area contributed by atoms with E-state index in [4.69, 9.17) is 14.6 Å². The summed E-state index contributed by atoms with van der Waals surface area (Å²) in [5, 5.41) is 8.57. The molecule has 1 rings (SSSR count). The van der Waals surface area contributed by atoms with E-state index < -0.39 is 0 Å². The molecule has 0 aromatic heterocycles. The predicted octanol–water partition coefficient (Wildman–Crippen LogP) is -0.231. The number of hydrogen-bond donors (Lipinski definition) is 1. The SMILES string of the molecule is CCN(CCOCCO)C(=O)N1CCOCC1. The second-order valence-electron chi connectivity index (χ2n) is 3.80. The maximum atomic E-state index is 12.1. The van der Waals surface area contributed by atoms with Crippen molar-refractivity contribution in [2.45, 2.75) is 6.92 Å². The minimum atomic E-state index is 0.0174. The topological polar surface area (TPSA) is 62.2 Å². The van der Waals surface area contributed by atoms with Gasteiger partial charge in [0.05, 0.1) is 33.0 Å². The Hall–Kier alpha value is -0.850. The van der Waals surface area contributed by atoms with E-state index in [1.807, 2.05) is 6.92 Å². The normalized spacial score (nSPS) is 16.0. The van der Waals surface area contributed by atoms with E-state index in [0.717, 1.165) is 0 Å². The van der Waals surface area contributed by atoms with Crippen LogP contribution in [0.1, 0.15) is 6.92 Å². The number of amides is 2. The smallest absolute Gasteiger partial charge is 0.320 e. The number of carbonyl (C=O) groups is 1. The van der Waals surface area contributed by atoms with Crippen molar-refractivity contribution in [2.24, 2.45) is 0 Å². The van der Waals surface area contributed by atoms with E-state index in [1.54, 1.807) is 9.80 Å². The lowest BCUT2D eigenvalue weighted by atomic mass is 10.4. The molecule has 6 nitrogen and oxygen atoms in total. The van der Waals surface area contributed by atoms with Crippen molar-refractivity contribution < 1.29 is 19.4 Å². The molecule has 1 N–H and O–H groups in total. The first-order valence-corrected chi connectivity index (χ1v) is 6.09. The van der Waals surface area contributed by atoms with Gasteiger partial charge in [0.2, 0.25) is 0 Å². The van der Waals surface area contributed by atoms with Gasteiger partial charge in [-0.3, -0.25) is 0 Å². The first-order valence-electron chi connectivity index (χ1n) is 6.09. The molecule has 0 aromatic rings.